The molecule has 0 saturated carbocycles. The first-order chi connectivity index (χ1) is 45.6. The number of hydrogen-bond donors (Lipinski definition) is 3. The van der Waals surface area contributed by atoms with Crippen molar-refractivity contribution in [3.8, 4) is 0 Å². The molecule has 2 saturated heterocycles. The zero-order valence-electron chi connectivity index (χ0n) is 50.3. The molecule has 6 aliphatic rings. The number of carbonyl (C=O) groups excluding carboxylic acids is 6. The number of urea groups is 2. The minimum Gasteiger partial charge on any atom is -0.383 e. The Kier molecular flexibility index (Phi) is 15.9. The Morgan fingerprint density at radius 1 is 0.537 bits per heavy atom. The highest BCUT2D eigenvalue weighted by atomic mass is 19.4. The van der Waals surface area contributed by atoms with E-state index in [2.05, 4.69) is 20.6 Å². The van der Waals surface area contributed by atoms with Gasteiger partial charge in [-0.15, -0.1) is 0 Å². The van der Waals surface area contributed by atoms with Gasteiger partial charge in [0.25, 0.3) is 23.6 Å². The van der Waals surface area contributed by atoms with Crippen LogP contribution in [0.1, 0.15) is 64.9 Å². The summed E-state index contributed by atoms with van der Waals surface area (Å²) < 4.78 is 124. The first-order valence-corrected chi connectivity index (χ1v) is 30.8. The number of hydrogen-bond acceptors (Lipinski definition) is 10. The lowest BCUT2D eigenvalue weighted by atomic mass is 9.90. The maximum Gasteiger partial charge on any atom is 0.414 e. The van der Waals surface area contributed by atoms with Gasteiger partial charge in [0, 0.05) is 112 Å². The second-order valence-corrected chi connectivity index (χ2v) is 24.4. The van der Waals surface area contributed by atoms with Crippen LogP contribution in [0.5, 0.6) is 0 Å². The molecule has 12 heterocycles. The number of imide groups is 2. The summed E-state index contributed by atoms with van der Waals surface area (Å²) >= 11 is 0. The van der Waals surface area contributed by atoms with Gasteiger partial charge in [-0.05, 0) is 103 Å². The van der Waals surface area contributed by atoms with E-state index in [1.54, 1.807) is 110 Å². The average molecular weight is 1310 g/mol. The molecule has 0 spiro atoms. The van der Waals surface area contributed by atoms with Crippen LogP contribution in [-0.2, 0) is 56.7 Å². The number of aliphatic hydroxyl groups is 1. The molecule has 15 rings (SSSR count). The van der Waals surface area contributed by atoms with Gasteiger partial charge in [0.1, 0.15) is 22.9 Å². The largest absolute Gasteiger partial charge is 0.414 e. The Morgan fingerprint density at radius 2 is 0.968 bits per heavy atom. The van der Waals surface area contributed by atoms with E-state index in [1.807, 2.05) is 9.13 Å². The average Bonchev–Trinajstić information content (AvgIpc) is 1.59. The maximum absolute atomic E-state index is 15.3. The van der Waals surface area contributed by atoms with Crippen molar-refractivity contribution in [3.63, 3.8) is 0 Å². The van der Waals surface area contributed by atoms with E-state index in [0.29, 0.717) is 78.9 Å². The first-order valence-electron chi connectivity index (χ1n) is 30.8. The number of aromatic nitrogens is 6. The predicted molar refractivity (Wildman–Crippen MR) is 327 cm³/mol. The number of imidazole rings is 2. The standard InChI is InChI=1S/C37H32F4N6O4.C30H26F4N6O4/c38-25-16-24-19-46(36(50)44-12-9-23(10-13-44)33(37(39,40)41)51-21-22-6-2-1-3-7-22)15-14-45-20-27(26(17-25)32(24)45)30-31(35(49)43-34(30)48)28-18-42-29-8-4-5-11-47(28)29;31-18-11-17-14-39(29(44)37-7-4-16(5-8-37)26(41)30(32,33)34)10-9-38-15-20(19(12-18)25(17)38)23-24(28(43)36-27(23)42)21-13-35-22-3-1-2-6-40(21)22/h1-8,11,16-18,20,23,33H,9-10,12-15,19,21H2,(H,43,48,49);1-3,6,11-13,15-16,26,41H,4-5,7-10,14H2,(H,36,42,43). The number of amides is 8. The summed E-state index contributed by atoms with van der Waals surface area (Å²) in [6.07, 6.45) is -3.51. The Balaban J connectivity index is 0.000000165. The van der Waals surface area contributed by atoms with Gasteiger partial charge in [-0.25, -0.2) is 28.3 Å². The van der Waals surface area contributed by atoms with Gasteiger partial charge in [-0.1, -0.05) is 42.5 Å². The van der Waals surface area contributed by atoms with E-state index in [-0.39, 0.29) is 126 Å². The zero-order chi connectivity index (χ0) is 66.4. The topological polar surface area (TPSA) is 213 Å². The number of pyridine rings is 2. The van der Waals surface area contributed by atoms with E-state index >= 15 is 8.78 Å². The van der Waals surface area contributed by atoms with Crippen LogP contribution in [-0.4, -0.2) is 152 Å². The van der Waals surface area contributed by atoms with Gasteiger partial charge in [0.2, 0.25) is 0 Å². The van der Waals surface area contributed by atoms with Gasteiger partial charge < -0.3 is 38.6 Å². The molecule has 2 fully saturated rings. The van der Waals surface area contributed by atoms with Crippen molar-refractivity contribution in [2.24, 2.45) is 11.8 Å². The molecule has 3 N–H and O–H groups in total. The minimum atomic E-state index is -4.72. The molecule has 20 nitrogen and oxygen atoms in total. The Labute approximate surface area is 534 Å². The molecule has 2 unspecified atom stereocenters. The van der Waals surface area contributed by atoms with E-state index in [4.69, 9.17) is 4.74 Å². The molecule has 3 aromatic carbocycles. The van der Waals surface area contributed by atoms with Crippen molar-refractivity contribution in [3.05, 3.63) is 179 Å². The van der Waals surface area contributed by atoms with Crippen molar-refractivity contribution >= 4 is 91.1 Å². The number of benzene rings is 3. The quantitative estimate of drug-likeness (QED) is 0.0920. The third kappa shape index (κ3) is 11.5. The molecule has 9 aromatic rings. The zero-order valence-corrected chi connectivity index (χ0v) is 50.3. The van der Waals surface area contributed by atoms with Crippen LogP contribution in [0.3, 0.4) is 0 Å². The monoisotopic (exact) mass is 1310 g/mol. The molecule has 490 valence electrons. The number of ether oxygens (including phenoxy) is 1. The van der Waals surface area contributed by atoms with Gasteiger partial charge in [-0.2, -0.15) is 26.3 Å². The van der Waals surface area contributed by atoms with E-state index in [1.165, 1.54) is 46.5 Å². The van der Waals surface area contributed by atoms with Crippen molar-refractivity contribution in [1.82, 2.24) is 58.1 Å². The van der Waals surface area contributed by atoms with Crippen LogP contribution < -0.4 is 10.6 Å². The molecule has 0 radical (unpaired) electrons. The number of piperidine rings is 2. The smallest absolute Gasteiger partial charge is 0.383 e. The number of fused-ring (bicyclic) bond motifs is 2. The number of nitrogens with zero attached hydrogens (tertiary/aromatic N) is 10. The summed E-state index contributed by atoms with van der Waals surface area (Å²) in [5.74, 6) is -5.37. The molecule has 28 heteroatoms. The molecule has 0 bridgehead atoms. The van der Waals surface area contributed by atoms with Crippen LogP contribution >= 0.6 is 0 Å². The number of likely N-dealkylation sites (tertiary alicyclic amines) is 2. The fourth-order valence-corrected chi connectivity index (χ4v) is 14.2. The molecule has 2 atom stereocenters. The van der Waals surface area contributed by atoms with Crippen molar-refractivity contribution < 1.29 is 73.7 Å². The number of halogens is 8. The predicted octanol–water partition coefficient (Wildman–Crippen LogP) is 9.36. The lowest BCUT2D eigenvalue weighted by Gasteiger charge is -2.38. The van der Waals surface area contributed by atoms with E-state index in [9.17, 15) is 60.2 Å². The van der Waals surface area contributed by atoms with Crippen LogP contribution in [0, 0.1) is 23.5 Å². The highest BCUT2D eigenvalue weighted by molar-refractivity contribution is 6.50. The normalized spacial score (nSPS) is 18.3. The summed E-state index contributed by atoms with van der Waals surface area (Å²) in [6.45, 7) is 1.32. The highest BCUT2D eigenvalue weighted by Crippen LogP contribution is 2.42. The number of aliphatic hydroxyl groups excluding tert-OH is 1. The summed E-state index contributed by atoms with van der Waals surface area (Å²) in [7, 11) is 0. The number of carbonyl (C=O) groups is 6. The van der Waals surface area contributed by atoms with Crippen LogP contribution in [0.15, 0.2) is 128 Å². The highest BCUT2D eigenvalue weighted by Gasteiger charge is 2.48. The minimum absolute atomic E-state index is 0.0124. The van der Waals surface area contributed by atoms with E-state index in [0.717, 1.165) is 0 Å². The lowest BCUT2D eigenvalue weighted by molar-refractivity contribution is -0.243. The Bertz CT molecular complexity index is 4690. The molecule has 6 aromatic heterocycles. The van der Waals surface area contributed by atoms with Crippen LogP contribution in [0.2, 0.25) is 0 Å². The number of rotatable bonds is 9. The summed E-state index contributed by atoms with van der Waals surface area (Å²) in [5.41, 5.74) is 6.06. The Hall–Kier alpha value is -10.2. The van der Waals surface area contributed by atoms with Gasteiger partial charge in [0.05, 0.1) is 63.7 Å². The Morgan fingerprint density at radius 3 is 1.41 bits per heavy atom. The molecule has 8 amide bonds. The van der Waals surface area contributed by atoms with Crippen LogP contribution in [0.25, 0.3) is 55.4 Å². The van der Waals surface area contributed by atoms with E-state index < -0.39 is 71.7 Å². The number of alkyl halides is 6. The lowest BCUT2D eigenvalue weighted by Crippen LogP contribution is -2.50. The third-order valence-electron chi connectivity index (χ3n) is 18.7. The maximum atomic E-state index is 15.3. The third-order valence-corrected chi connectivity index (χ3v) is 18.7. The van der Waals surface area contributed by atoms with Gasteiger partial charge in [0.15, 0.2) is 12.2 Å². The van der Waals surface area contributed by atoms with Gasteiger partial charge in [-0.3, -0.25) is 38.6 Å². The van der Waals surface area contributed by atoms with Gasteiger partial charge >= 0.3 is 24.4 Å². The summed E-state index contributed by atoms with van der Waals surface area (Å²) in [4.78, 5) is 94.8. The first kappa shape index (κ1) is 62.2. The SMILES string of the molecule is O=C1NC(=O)C(c2cnc3ccccn23)=C1c1cn2c3c(cc(F)cc13)CN(C(=O)N1CCC(C(O)C(F)(F)F)CC1)CC2.O=C1NC(=O)C(c2cnc3ccccn23)=C1c1cn2c3c(cc(F)cc13)CN(C(=O)N1CCC(C(OCc3ccccc3)C(F)(F)F)CC1)CC2. The fraction of sp³-hybridized carbons (Fsp3) is 0.313. The molecular weight excluding hydrogens is 1250 g/mol. The summed E-state index contributed by atoms with van der Waals surface area (Å²) in [5, 5.41) is 15.2. The van der Waals surface area contributed by atoms with Crippen LogP contribution in [0.4, 0.5) is 44.7 Å². The molecular formula is C67H58F8N12O8. The summed E-state index contributed by atoms with van der Waals surface area (Å²) in [6, 6.07) is 23.9. The second kappa shape index (κ2) is 24.3. The number of nitrogens with one attached hydrogen (secondary N) is 2. The molecule has 0 aliphatic carbocycles. The van der Waals surface area contributed by atoms with Crippen molar-refractivity contribution in [2.45, 2.75) is 83.0 Å². The molecule has 95 heavy (non-hydrogen) atoms. The van der Waals surface area contributed by atoms with Crippen molar-refractivity contribution in [2.75, 3.05) is 39.3 Å². The van der Waals surface area contributed by atoms with Crippen molar-refractivity contribution in [1.29, 1.82) is 0 Å². The second-order valence-electron chi connectivity index (χ2n) is 24.4. The fourth-order valence-electron chi connectivity index (χ4n) is 14.2. The molecule has 6 aliphatic heterocycles.